The Labute approximate surface area is 176 Å². The van der Waals surface area contributed by atoms with E-state index in [-0.39, 0.29) is 23.7 Å². The molecule has 2 unspecified atom stereocenters. The number of amides is 1. The molecule has 3 aromatic rings. The zero-order valence-corrected chi connectivity index (χ0v) is 17.1. The molecule has 2 aliphatic rings. The van der Waals surface area contributed by atoms with Crippen molar-refractivity contribution in [2.24, 2.45) is 0 Å². The number of rotatable bonds is 5. The number of halogens is 1. The Hall–Kier alpha value is -2.66. The minimum atomic E-state index is -0.218. The van der Waals surface area contributed by atoms with Crippen LogP contribution in [0.4, 0.5) is 4.39 Å². The van der Waals surface area contributed by atoms with E-state index in [1.165, 1.54) is 11.8 Å². The zero-order chi connectivity index (χ0) is 20.5. The van der Waals surface area contributed by atoms with E-state index in [4.69, 9.17) is 4.74 Å². The highest BCUT2D eigenvalue weighted by molar-refractivity contribution is 5.94. The van der Waals surface area contributed by atoms with Crippen molar-refractivity contribution in [1.29, 1.82) is 0 Å². The van der Waals surface area contributed by atoms with Gasteiger partial charge in [-0.1, -0.05) is 30.3 Å². The van der Waals surface area contributed by atoms with Gasteiger partial charge in [-0.2, -0.15) is 0 Å². The summed E-state index contributed by atoms with van der Waals surface area (Å²) in [4.78, 5) is 13.1. The molecule has 1 aromatic heterocycles. The molecule has 2 atom stereocenters. The predicted octanol–water partition coefficient (Wildman–Crippen LogP) is 4.54. The standard InChI is InChI=1S/C25H27FN2O2/c26-18-7-3-6-17(14-18)16-28-22-11-2-1-9-20(22)24-21(10-4-12-23(24)28)25(29)27-15-19-8-5-13-30-19/h1-3,6-7,9,11,14,19,21H,4-5,8,10,12-13,15-16H2,(H,27,29). The smallest absolute Gasteiger partial charge is 0.227 e. The van der Waals surface area contributed by atoms with Crippen molar-refractivity contribution >= 4 is 16.8 Å². The maximum Gasteiger partial charge on any atom is 0.227 e. The molecule has 156 valence electrons. The first-order chi connectivity index (χ1) is 14.7. The van der Waals surface area contributed by atoms with Gasteiger partial charge in [0, 0.05) is 36.3 Å². The lowest BCUT2D eigenvalue weighted by Crippen LogP contribution is -2.36. The van der Waals surface area contributed by atoms with Crippen molar-refractivity contribution in [2.75, 3.05) is 13.2 Å². The molecule has 2 aromatic carbocycles. The number of carbonyl (C=O) groups excluding carboxylic acids is 1. The second-order valence-electron chi connectivity index (χ2n) is 8.42. The first kappa shape index (κ1) is 19.3. The number of ether oxygens (including phenoxy) is 1. The van der Waals surface area contributed by atoms with E-state index in [0.29, 0.717) is 13.1 Å². The lowest BCUT2D eigenvalue weighted by Gasteiger charge is -2.24. The van der Waals surface area contributed by atoms with Crippen LogP contribution in [0.2, 0.25) is 0 Å². The minimum absolute atomic E-state index is 0.0973. The molecular weight excluding hydrogens is 379 g/mol. The summed E-state index contributed by atoms with van der Waals surface area (Å²) in [5.74, 6) is -0.266. The molecule has 5 heteroatoms. The lowest BCUT2D eigenvalue weighted by molar-refractivity contribution is -0.123. The van der Waals surface area contributed by atoms with Crippen molar-refractivity contribution in [3.05, 3.63) is 71.2 Å². The highest BCUT2D eigenvalue weighted by atomic mass is 19.1. The van der Waals surface area contributed by atoms with Crippen LogP contribution >= 0.6 is 0 Å². The van der Waals surface area contributed by atoms with Gasteiger partial charge in [-0.25, -0.2) is 4.39 Å². The lowest BCUT2D eigenvalue weighted by atomic mass is 9.84. The number of hydrogen-bond donors (Lipinski definition) is 1. The fraction of sp³-hybridized carbons (Fsp3) is 0.400. The van der Waals surface area contributed by atoms with Gasteiger partial charge >= 0.3 is 0 Å². The molecule has 2 heterocycles. The fourth-order valence-corrected chi connectivity index (χ4v) is 5.06. The van der Waals surface area contributed by atoms with Crippen LogP contribution in [-0.4, -0.2) is 29.7 Å². The minimum Gasteiger partial charge on any atom is -0.376 e. The Balaban J connectivity index is 1.49. The van der Waals surface area contributed by atoms with E-state index in [1.54, 1.807) is 12.1 Å². The van der Waals surface area contributed by atoms with Crippen molar-refractivity contribution < 1.29 is 13.9 Å². The largest absolute Gasteiger partial charge is 0.376 e. The molecular formula is C25H27FN2O2. The number of fused-ring (bicyclic) bond motifs is 3. The van der Waals surface area contributed by atoms with Gasteiger partial charge in [0.25, 0.3) is 0 Å². The third-order valence-electron chi connectivity index (χ3n) is 6.45. The molecule has 1 aliphatic heterocycles. The highest BCUT2D eigenvalue weighted by Crippen LogP contribution is 2.39. The Bertz CT molecular complexity index is 1070. The third kappa shape index (κ3) is 3.63. The number of aromatic nitrogens is 1. The van der Waals surface area contributed by atoms with Gasteiger partial charge in [0.15, 0.2) is 0 Å². The van der Waals surface area contributed by atoms with Gasteiger partial charge in [-0.3, -0.25) is 4.79 Å². The molecule has 5 rings (SSSR count). The Morgan fingerprint density at radius 1 is 1.13 bits per heavy atom. The highest BCUT2D eigenvalue weighted by Gasteiger charge is 2.32. The quantitative estimate of drug-likeness (QED) is 0.676. The predicted molar refractivity (Wildman–Crippen MR) is 115 cm³/mol. The van der Waals surface area contributed by atoms with Gasteiger partial charge in [0.05, 0.1) is 12.0 Å². The summed E-state index contributed by atoms with van der Waals surface area (Å²) < 4.78 is 21.7. The second kappa shape index (κ2) is 8.23. The SMILES string of the molecule is O=C(NCC1CCCO1)C1CCCc2c1c1ccccc1n2Cc1cccc(F)c1. The summed E-state index contributed by atoms with van der Waals surface area (Å²) in [6.07, 6.45) is 5.01. The number of hydrogen-bond acceptors (Lipinski definition) is 2. The molecule has 1 N–H and O–H groups in total. The number of nitrogens with zero attached hydrogens (tertiary/aromatic N) is 1. The molecule has 30 heavy (non-hydrogen) atoms. The average molecular weight is 407 g/mol. The molecule has 0 spiro atoms. The van der Waals surface area contributed by atoms with Gasteiger partial charge in [0.1, 0.15) is 5.82 Å². The van der Waals surface area contributed by atoms with Crippen LogP contribution in [0.15, 0.2) is 48.5 Å². The van der Waals surface area contributed by atoms with Crippen molar-refractivity contribution in [3.8, 4) is 0 Å². The number of nitrogens with one attached hydrogen (secondary N) is 1. The van der Waals surface area contributed by atoms with Gasteiger partial charge in [-0.05, 0) is 61.4 Å². The molecule has 4 nitrogen and oxygen atoms in total. The maximum absolute atomic E-state index is 13.8. The fourth-order valence-electron chi connectivity index (χ4n) is 5.06. The van der Waals surface area contributed by atoms with Crippen LogP contribution in [0.3, 0.4) is 0 Å². The van der Waals surface area contributed by atoms with Crippen LogP contribution in [0.25, 0.3) is 10.9 Å². The topological polar surface area (TPSA) is 43.3 Å². The zero-order valence-electron chi connectivity index (χ0n) is 17.1. The first-order valence-corrected chi connectivity index (χ1v) is 10.9. The summed E-state index contributed by atoms with van der Waals surface area (Å²) in [5.41, 5.74) is 4.41. The number of carbonyl (C=O) groups is 1. The normalized spacial score (nSPS) is 21.0. The van der Waals surface area contributed by atoms with E-state index in [1.807, 2.05) is 18.2 Å². The van der Waals surface area contributed by atoms with Crippen LogP contribution in [0.1, 0.15) is 48.4 Å². The first-order valence-electron chi connectivity index (χ1n) is 10.9. The Morgan fingerprint density at radius 3 is 2.87 bits per heavy atom. The molecule has 0 radical (unpaired) electrons. The van der Waals surface area contributed by atoms with Gasteiger partial charge in [-0.15, -0.1) is 0 Å². The molecule has 0 saturated carbocycles. The summed E-state index contributed by atoms with van der Waals surface area (Å²) in [5, 5.41) is 4.28. The van der Waals surface area contributed by atoms with Crippen molar-refractivity contribution in [3.63, 3.8) is 0 Å². The Morgan fingerprint density at radius 2 is 2.03 bits per heavy atom. The molecule has 1 saturated heterocycles. The van der Waals surface area contributed by atoms with Gasteiger partial charge < -0.3 is 14.6 Å². The summed E-state index contributed by atoms with van der Waals surface area (Å²) in [6.45, 7) is 1.99. The summed E-state index contributed by atoms with van der Waals surface area (Å²) >= 11 is 0. The maximum atomic E-state index is 13.8. The van der Waals surface area contributed by atoms with Crippen LogP contribution in [0, 0.1) is 5.82 Å². The Kier molecular flexibility index (Phi) is 5.30. The summed E-state index contributed by atoms with van der Waals surface area (Å²) in [6, 6.07) is 15.1. The third-order valence-corrected chi connectivity index (χ3v) is 6.45. The molecule has 1 aliphatic carbocycles. The van der Waals surface area contributed by atoms with Crippen molar-refractivity contribution in [2.45, 2.75) is 50.7 Å². The molecule has 1 amide bonds. The monoisotopic (exact) mass is 406 g/mol. The molecule has 0 bridgehead atoms. The van der Waals surface area contributed by atoms with E-state index < -0.39 is 0 Å². The van der Waals surface area contributed by atoms with Crippen molar-refractivity contribution in [1.82, 2.24) is 9.88 Å². The molecule has 1 fully saturated rings. The van der Waals surface area contributed by atoms with E-state index in [0.717, 1.165) is 60.7 Å². The van der Waals surface area contributed by atoms with Crippen LogP contribution in [-0.2, 0) is 22.5 Å². The van der Waals surface area contributed by atoms with Crippen LogP contribution < -0.4 is 5.32 Å². The summed E-state index contributed by atoms with van der Waals surface area (Å²) in [7, 11) is 0. The number of para-hydroxylation sites is 1. The van der Waals surface area contributed by atoms with E-state index in [2.05, 4.69) is 22.0 Å². The van der Waals surface area contributed by atoms with E-state index in [9.17, 15) is 9.18 Å². The number of benzene rings is 2. The van der Waals surface area contributed by atoms with Crippen LogP contribution in [0.5, 0.6) is 0 Å². The van der Waals surface area contributed by atoms with E-state index >= 15 is 0 Å². The van der Waals surface area contributed by atoms with Gasteiger partial charge in [0.2, 0.25) is 5.91 Å². The average Bonchev–Trinajstić information content (AvgIpc) is 3.39. The second-order valence-corrected chi connectivity index (χ2v) is 8.42.